The fourth-order valence-corrected chi connectivity index (χ4v) is 2.55. The lowest BCUT2D eigenvalue weighted by Gasteiger charge is -2.14. The van der Waals surface area contributed by atoms with Gasteiger partial charge < -0.3 is 10.0 Å². The monoisotopic (exact) mass is 239 g/mol. The van der Waals surface area contributed by atoms with Crippen molar-refractivity contribution in [1.29, 1.82) is 0 Å². The molecule has 0 radical (unpaired) electrons. The summed E-state index contributed by atoms with van der Waals surface area (Å²) in [6.45, 7) is 0.989. The first-order valence-corrected chi connectivity index (χ1v) is 6.08. The second-order valence-electron chi connectivity index (χ2n) is 3.91. The van der Waals surface area contributed by atoms with Gasteiger partial charge in [0.05, 0.1) is 5.92 Å². The summed E-state index contributed by atoms with van der Waals surface area (Å²) in [6.07, 6.45) is 0.968. The van der Waals surface area contributed by atoms with E-state index in [1.54, 1.807) is 16.2 Å². The third-order valence-corrected chi connectivity index (χ3v) is 3.71. The number of carbonyl (C=O) groups excluding carboxylic acids is 1. The molecule has 0 aromatic carbocycles. The van der Waals surface area contributed by atoms with E-state index in [9.17, 15) is 9.59 Å². The zero-order valence-corrected chi connectivity index (χ0v) is 9.57. The molecule has 1 aliphatic rings. The third-order valence-electron chi connectivity index (χ3n) is 2.77. The Hall–Kier alpha value is -1.36. The second kappa shape index (κ2) is 4.65. The lowest BCUT2D eigenvalue weighted by atomic mass is 10.1. The van der Waals surface area contributed by atoms with Gasteiger partial charge in [-0.05, 0) is 17.9 Å². The van der Waals surface area contributed by atoms with Crippen molar-refractivity contribution >= 4 is 23.2 Å². The Morgan fingerprint density at radius 2 is 2.44 bits per heavy atom. The minimum absolute atomic E-state index is 0.0380. The molecule has 1 N–H and O–H groups in total. The Morgan fingerprint density at radius 1 is 1.62 bits per heavy atom. The molecule has 16 heavy (non-hydrogen) atoms. The minimum atomic E-state index is -0.869. The van der Waals surface area contributed by atoms with Crippen molar-refractivity contribution in [3.05, 3.63) is 22.4 Å². The summed E-state index contributed by atoms with van der Waals surface area (Å²) in [5.74, 6) is -1.42. The number of hydrogen-bond donors (Lipinski definition) is 1. The average molecular weight is 239 g/mol. The molecular formula is C11H13NO3S. The smallest absolute Gasteiger partial charge is 0.308 e. The van der Waals surface area contributed by atoms with Crippen molar-refractivity contribution in [3.63, 3.8) is 0 Å². The Kier molecular flexibility index (Phi) is 3.24. The summed E-state index contributed by atoms with van der Waals surface area (Å²) in [6, 6.07) is 4.01. The summed E-state index contributed by atoms with van der Waals surface area (Å²) < 4.78 is 0. The highest BCUT2D eigenvalue weighted by molar-refractivity contribution is 7.09. The third kappa shape index (κ3) is 2.41. The molecule has 5 heteroatoms. The summed E-state index contributed by atoms with van der Waals surface area (Å²) in [5.41, 5.74) is 0. The molecule has 0 bridgehead atoms. The molecule has 1 fully saturated rings. The first-order valence-electron chi connectivity index (χ1n) is 5.20. The fraction of sp³-hybridized carbons (Fsp3) is 0.455. The predicted molar refractivity (Wildman–Crippen MR) is 60.3 cm³/mol. The topological polar surface area (TPSA) is 57.6 Å². The molecule has 4 nitrogen and oxygen atoms in total. The number of carbonyl (C=O) groups is 2. The van der Waals surface area contributed by atoms with E-state index in [0.29, 0.717) is 13.1 Å². The molecule has 1 atom stereocenters. The van der Waals surface area contributed by atoms with E-state index < -0.39 is 11.9 Å². The van der Waals surface area contributed by atoms with Crippen LogP contribution in [0.3, 0.4) is 0 Å². The van der Waals surface area contributed by atoms with E-state index in [4.69, 9.17) is 5.11 Å². The van der Waals surface area contributed by atoms with Crippen LogP contribution >= 0.6 is 11.3 Å². The first kappa shape index (κ1) is 11.1. The number of carboxylic acids is 1. The summed E-state index contributed by atoms with van der Waals surface area (Å²) in [5, 5.41) is 10.8. The van der Waals surface area contributed by atoms with Gasteiger partial charge in [0.25, 0.3) is 0 Å². The van der Waals surface area contributed by atoms with Crippen LogP contribution in [0.25, 0.3) is 0 Å². The van der Waals surface area contributed by atoms with Gasteiger partial charge in [-0.25, -0.2) is 0 Å². The maximum Gasteiger partial charge on any atom is 0.308 e. The van der Waals surface area contributed by atoms with Gasteiger partial charge in [-0.2, -0.15) is 0 Å². The lowest BCUT2D eigenvalue weighted by molar-refractivity contribution is -0.141. The van der Waals surface area contributed by atoms with Crippen LogP contribution < -0.4 is 0 Å². The molecule has 0 saturated carbocycles. The quantitative estimate of drug-likeness (QED) is 0.859. The molecule has 86 valence electrons. The Labute approximate surface area is 97.5 Å². The van der Waals surface area contributed by atoms with E-state index in [2.05, 4.69) is 0 Å². The van der Waals surface area contributed by atoms with Gasteiger partial charge in [0.15, 0.2) is 0 Å². The van der Waals surface area contributed by atoms with Crippen LogP contribution in [-0.2, 0) is 16.0 Å². The van der Waals surface area contributed by atoms with Gasteiger partial charge in [0, 0.05) is 24.4 Å². The Morgan fingerprint density at radius 3 is 3.00 bits per heavy atom. The summed E-state index contributed by atoms with van der Waals surface area (Å²) >= 11 is 1.66. The van der Waals surface area contributed by atoms with Gasteiger partial charge in [0.2, 0.25) is 5.91 Å². The molecule has 1 aromatic rings. The number of amides is 1. The normalized spacial score (nSPS) is 20.4. The maximum atomic E-state index is 11.5. The van der Waals surface area contributed by atoms with Crippen LogP contribution in [-0.4, -0.2) is 35.0 Å². The molecule has 1 saturated heterocycles. The zero-order valence-electron chi connectivity index (χ0n) is 8.76. The van der Waals surface area contributed by atoms with E-state index in [1.165, 1.54) is 4.88 Å². The first-order chi connectivity index (χ1) is 7.66. The number of rotatable bonds is 4. The summed E-state index contributed by atoms with van der Waals surface area (Å²) in [4.78, 5) is 25.1. The highest BCUT2D eigenvalue weighted by Gasteiger charge is 2.33. The van der Waals surface area contributed by atoms with Gasteiger partial charge in [-0.1, -0.05) is 6.07 Å². The molecule has 0 unspecified atom stereocenters. The van der Waals surface area contributed by atoms with Crippen molar-refractivity contribution in [3.8, 4) is 0 Å². The molecule has 1 amide bonds. The highest BCUT2D eigenvalue weighted by atomic mass is 32.1. The van der Waals surface area contributed by atoms with Gasteiger partial charge in [-0.3, -0.25) is 9.59 Å². The fourth-order valence-electron chi connectivity index (χ4n) is 1.85. The van der Waals surface area contributed by atoms with E-state index in [1.807, 2.05) is 17.5 Å². The largest absolute Gasteiger partial charge is 0.481 e. The van der Waals surface area contributed by atoms with Gasteiger partial charge >= 0.3 is 5.97 Å². The number of hydrogen-bond acceptors (Lipinski definition) is 3. The molecule has 2 heterocycles. The summed E-state index contributed by atoms with van der Waals surface area (Å²) in [7, 11) is 0. The van der Waals surface area contributed by atoms with E-state index in [0.717, 1.165) is 6.42 Å². The number of aliphatic carboxylic acids is 1. The van der Waals surface area contributed by atoms with Crippen LogP contribution in [0, 0.1) is 5.92 Å². The van der Waals surface area contributed by atoms with Crippen LogP contribution in [0.2, 0.25) is 0 Å². The molecule has 1 aliphatic heterocycles. The van der Waals surface area contributed by atoms with Crippen molar-refractivity contribution < 1.29 is 14.7 Å². The van der Waals surface area contributed by atoms with E-state index >= 15 is 0 Å². The Bertz CT molecular complexity index is 388. The standard InChI is InChI=1S/C11H13NO3S/c13-10-6-8(11(14)15)7-12(10)4-3-9-2-1-5-16-9/h1-2,5,8H,3-4,6-7H2,(H,14,15)/t8-/m1/s1. The van der Waals surface area contributed by atoms with Crippen LogP contribution in [0.4, 0.5) is 0 Å². The SMILES string of the molecule is O=C(O)[C@@H]1CC(=O)N(CCc2cccs2)C1. The number of thiophene rings is 1. The molecule has 2 rings (SSSR count). The van der Waals surface area contributed by atoms with Crippen molar-refractivity contribution in [2.45, 2.75) is 12.8 Å². The van der Waals surface area contributed by atoms with E-state index in [-0.39, 0.29) is 12.3 Å². The molecular weight excluding hydrogens is 226 g/mol. The second-order valence-corrected chi connectivity index (χ2v) is 4.94. The Balaban J connectivity index is 1.87. The number of likely N-dealkylation sites (tertiary alicyclic amines) is 1. The highest BCUT2D eigenvalue weighted by Crippen LogP contribution is 2.19. The van der Waals surface area contributed by atoms with Crippen LogP contribution in [0.1, 0.15) is 11.3 Å². The molecule has 0 aliphatic carbocycles. The molecule has 1 aromatic heterocycles. The van der Waals surface area contributed by atoms with Gasteiger partial charge in [0.1, 0.15) is 0 Å². The van der Waals surface area contributed by atoms with Crippen molar-refractivity contribution in [2.75, 3.05) is 13.1 Å². The number of carboxylic acid groups (broad SMARTS) is 1. The maximum absolute atomic E-state index is 11.5. The lowest BCUT2D eigenvalue weighted by Crippen LogP contribution is -2.28. The number of nitrogens with zero attached hydrogens (tertiary/aromatic N) is 1. The predicted octanol–water partition coefficient (Wildman–Crippen LogP) is 1.22. The molecule has 0 spiro atoms. The van der Waals surface area contributed by atoms with Gasteiger partial charge in [-0.15, -0.1) is 11.3 Å². The average Bonchev–Trinajstić information content (AvgIpc) is 2.84. The van der Waals surface area contributed by atoms with Crippen molar-refractivity contribution in [2.24, 2.45) is 5.92 Å². The van der Waals surface area contributed by atoms with Crippen LogP contribution in [0.15, 0.2) is 17.5 Å². The van der Waals surface area contributed by atoms with Crippen molar-refractivity contribution in [1.82, 2.24) is 4.90 Å². The zero-order chi connectivity index (χ0) is 11.5. The minimum Gasteiger partial charge on any atom is -0.481 e. The van der Waals surface area contributed by atoms with Crippen LogP contribution in [0.5, 0.6) is 0 Å².